The number of nitrogens with zero attached hydrogens (tertiary/aromatic N) is 1. The van der Waals surface area contributed by atoms with Gasteiger partial charge in [0.05, 0.1) is 12.2 Å². The van der Waals surface area contributed by atoms with Gasteiger partial charge in [0.25, 0.3) is 0 Å². The topological polar surface area (TPSA) is 50.8 Å². The number of carbonyl (C=O) groups excluding carboxylic acids is 1. The second-order valence-electron chi connectivity index (χ2n) is 9.74. The highest BCUT2D eigenvalue weighted by Gasteiger charge is 2.39. The van der Waals surface area contributed by atoms with Crippen molar-refractivity contribution in [2.45, 2.75) is 115 Å². The Morgan fingerprint density at radius 2 is 1.85 bits per heavy atom. The van der Waals surface area contributed by atoms with E-state index < -0.39 is 5.60 Å². The molecule has 0 spiro atoms. The van der Waals surface area contributed by atoms with E-state index in [2.05, 4.69) is 19.2 Å². The van der Waals surface area contributed by atoms with E-state index in [9.17, 15) is 4.79 Å². The summed E-state index contributed by atoms with van der Waals surface area (Å²) in [5.41, 5.74) is -0.424. The second-order valence-corrected chi connectivity index (χ2v) is 9.74. The molecule has 1 aliphatic carbocycles. The molecular formula is C21H38N2O3. The Kier molecular flexibility index (Phi) is 6.18. The van der Waals surface area contributed by atoms with Crippen LogP contribution in [0.2, 0.25) is 0 Å². The first-order valence-corrected chi connectivity index (χ1v) is 10.6. The van der Waals surface area contributed by atoms with E-state index in [1.807, 2.05) is 25.7 Å². The maximum absolute atomic E-state index is 12.6. The van der Waals surface area contributed by atoms with Crippen LogP contribution in [0.3, 0.4) is 0 Å². The van der Waals surface area contributed by atoms with Gasteiger partial charge in [-0.3, -0.25) is 0 Å². The molecule has 3 rings (SSSR count). The van der Waals surface area contributed by atoms with E-state index in [4.69, 9.17) is 9.47 Å². The number of nitrogens with one attached hydrogen (secondary N) is 1. The summed E-state index contributed by atoms with van der Waals surface area (Å²) in [7, 11) is 0. The van der Waals surface area contributed by atoms with Crippen LogP contribution < -0.4 is 5.32 Å². The zero-order valence-electron chi connectivity index (χ0n) is 17.3. The third-order valence-electron chi connectivity index (χ3n) is 5.87. The summed E-state index contributed by atoms with van der Waals surface area (Å²) < 4.78 is 11.5. The monoisotopic (exact) mass is 366 g/mol. The molecule has 0 aromatic carbocycles. The lowest BCUT2D eigenvalue weighted by molar-refractivity contribution is -0.0443. The first-order valence-electron chi connectivity index (χ1n) is 10.6. The fourth-order valence-electron chi connectivity index (χ4n) is 4.67. The summed E-state index contributed by atoms with van der Waals surface area (Å²) in [4.78, 5) is 14.6. The summed E-state index contributed by atoms with van der Waals surface area (Å²) in [5.74, 6) is 0.782. The van der Waals surface area contributed by atoms with Gasteiger partial charge in [-0.05, 0) is 85.5 Å². The molecular weight excluding hydrogens is 328 g/mol. The van der Waals surface area contributed by atoms with Gasteiger partial charge in [-0.1, -0.05) is 0 Å². The molecule has 0 radical (unpaired) electrons. The third kappa shape index (κ3) is 5.59. The maximum atomic E-state index is 12.6. The lowest BCUT2D eigenvalue weighted by atomic mass is 9.95. The molecule has 1 saturated carbocycles. The van der Waals surface area contributed by atoms with Crippen LogP contribution in [-0.2, 0) is 9.47 Å². The minimum absolute atomic E-state index is 0.136. The van der Waals surface area contributed by atoms with Gasteiger partial charge >= 0.3 is 6.09 Å². The summed E-state index contributed by atoms with van der Waals surface area (Å²) in [6.45, 7) is 11.0. The molecule has 3 fully saturated rings. The lowest BCUT2D eigenvalue weighted by Gasteiger charge is -2.37. The SMILES string of the molecule is C[C@@H]1CC(N[C@H](C[C@H]2CCCN2C(=O)OC(C)(C)C)C2CC2)C[C@@H](C)O1. The molecule has 3 aliphatic rings. The number of ether oxygens (including phenoxy) is 2. The molecule has 0 unspecified atom stereocenters. The molecule has 2 heterocycles. The minimum Gasteiger partial charge on any atom is -0.444 e. The molecule has 4 atom stereocenters. The van der Waals surface area contributed by atoms with Crippen LogP contribution in [-0.4, -0.2) is 53.5 Å². The van der Waals surface area contributed by atoms with Crippen LogP contribution in [0.5, 0.6) is 0 Å². The molecule has 2 saturated heterocycles. The molecule has 26 heavy (non-hydrogen) atoms. The van der Waals surface area contributed by atoms with E-state index in [0.717, 1.165) is 44.6 Å². The summed E-state index contributed by atoms with van der Waals surface area (Å²) in [6, 6.07) is 1.37. The molecule has 1 N–H and O–H groups in total. The van der Waals surface area contributed by atoms with Crippen molar-refractivity contribution in [2.75, 3.05) is 6.54 Å². The van der Waals surface area contributed by atoms with E-state index >= 15 is 0 Å². The van der Waals surface area contributed by atoms with Gasteiger partial charge in [0.15, 0.2) is 0 Å². The Labute approximate surface area is 159 Å². The van der Waals surface area contributed by atoms with Crippen molar-refractivity contribution in [2.24, 2.45) is 5.92 Å². The van der Waals surface area contributed by atoms with Gasteiger partial charge in [0.2, 0.25) is 0 Å². The standard InChI is InChI=1S/C21H38N2O3/c1-14-11-17(12-15(2)25-14)22-19(16-8-9-16)13-18-7-6-10-23(18)20(24)26-21(3,4)5/h14-19,22H,6-13H2,1-5H3/t14-,15-,18-,19-/m1/s1. The first-order chi connectivity index (χ1) is 12.2. The molecule has 150 valence electrons. The average Bonchev–Trinajstić information content (AvgIpc) is 3.23. The quantitative estimate of drug-likeness (QED) is 0.796. The number of rotatable bonds is 5. The smallest absolute Gasteiger partial charge is 0.410 e. The number of hydrogen-bond donors (Lipinski definition) is 1. The Bertz CT molecular complexity index is 476. The predicted octanol–water partition coefficient (Wildman–Crippen LogP) is 4.10. The second kappa shape index (κ2) is 8.05. The van der Waals surface area contributed by atoms with Gasteiger partial charge in [0.1, 0.15) is 5.60 Å². The molecule has 0 aromatic heterocycles. The Morgan fingerprint density at radius 3 is 2.42 bits per heavy atom. The van der Waals surface area contributed by atoms with Crippen LogP contribution in [0.4, 0.5) is 4.79 Å². The van der Waals surface area contributed by atoms with Crippen molar-refractivity contribution in [1.82, 2.24) is 10.2 Å². The van der Waals surface area contributed by atoms with E-state index in [1.165, 1.54) is 12.8 Å². The third-order valence-corrected chi connectivity index (χ3v) is 5.87. The van der Waals surface area contributed by atoms with Crippen LogP contribution in [0, 0.1) is 5.92 Å². The summed E-state index contributed by atoms with van der Waals surface area (Å²) in [6.07, 6.45) is 8.62. The molecule has 0 aromatic rings. The highest BCUT2D eigenvalue weighted by Crippen LogP contribution is 2.37. The zero-order valence-corrected chi connectivity index (χ0v) is 17.3. The van der Waals surface area contributed by atoms with Crippen molar-refractivity contribution in [3.63, 3.8) is 0 Å². The Balaban J connectivity index is 1.58. The fourth-order valence-corrected chi connectivity index (χ4v) is 4.67. The van der Waals surface area contributed by atoms with Crippen molar-refractivity contribution in [1.29, 1.82) is 0 Å². The maximum Gasteiger partial charge on any atom is 0.410 e. The molecule has 5 nitrogen and oxygen atoms in total. The molecule has 1 amide bonds. The van der Waals surface area contributed by atoms with Crippen LogP contribution >= 0.6 is 0 Å². The highest BCUT2D eigenvalue weighted by molar-refractivity contribution is 5.68. The largest absolute Gasteiger partial charge is 0.444 e. The predicted molar refractivity (Wildman–Crippen MR) is 103 cm³/mol. The van der Waals surface area contributed by atoms with Crippen LogP contribution in [0.25, 0.3) is 0 Å². The Morgan fingerprint density at radius 1 is 1.19 bits per heavy atom. The van der Waals surface area contributed by atoms with Crippen molar-refractivity contribution >= 4 is 6.09 Å². The van der Waals surface area contributed by atoms with Gasteiger partial charge < -0.3 is 19.7 Å². The molecule has 2 aliphatic heterocycles. The fraction of sp³-hybridized carbons (Fsp3) is 0.952. The minimum atomic E-state index is -0.424. The normalized spacial score (nSPS) is 34.0. The van der Waals surface area contributed by atoms with Gasteiger partial charge in [-0.2, -0.15) is 0 Å². The van der Waals surface area contributed by atoms with Crippen LogP contribution in [0.15, 0.2) is 0 Å². The average molecular weight is 367 g/mol. The zero-order chi connectivity index (χ0) is 18.9. The van der Waals surface area contributed by atoms with Crippen molar-refractivity contribution < 1.29 is 14.3 Å². The number of likely N-dealkylation sites (tertiary alicyclic amines) is 1. The van der Waals surface area contributed by atoms with E-state index in [0.29, 0.717) is 30.3 Å². The molecule has 5 heteroatoms. The van der Waals surface area contributed by atoms with Crippen molar-refractivity contribution in [3.8, 4) is 0 Å². The highest BCUT2D eigenvalue weighted by atomic mass is 16.6. The van der Waals surface area contributed by atoms with E-state index in [1.54, 1.807) is 0 Å². The van der Waals surface area contributed by atoms with Gasteiger partial charge in [-0.15, -0.1) is 0 Å². The first kappa shape index (κ1) is 19.9. The van der Waals surface area contributed by atoms with Crippen molar-refractivity contribution in [3.05, 3.63) is 0 Å². The number of amides is 1. The van der Waals surface area contributed by atoms with Gasteiger partial charge in [0, 0.05) is 24.7 Å². The number of hydrogen-bond acceptors (Lipinski definition) is 4. The van der Waals surface area contributed by atoms with Gasteiger partial charge in [-0.25, -0.2) is 4.79 Å². The Hall–Kier alpha value is -0.810. The molecule has 0 bridgehead atoms. The lowest BCUT2D eigenvalue weighted by Crippen LogP contribution is -2.49. The number of carbonyl (C=O) groups is 1. The van der Waals surface area contributed by atoms with Crippen LogP contribution in [0.1, 0.15) is 79.6 Å². The summed E-state index contributed by atoms with van der Waals surface area (Å²) in [5, 5.41) is 3.95. The summed E-state index contributed by atoms with van der Waals surface area (Å²) >= 11 is 0. The van der Waals surface area contributed by atoms with E-state index in [-0.39, 0.29) is 6.09 Å².